The number of rotatable bonds is 3. The van der Waals surface area contributed by atoms with Gasteiger partial charge in [-0.2, -0.15) is 0 Å². The van der Waals surface area contributed by atoms with Gasteiger partial charge in [-0.1, -0.05) is 107 Å². The van der Waals surface area contributed by atoms with Crippen molar-refractivity contribution in [2.45, 2.75) is 0 Å². The molecule has 0 nitrogen and oxygen atoms in total. The SMILES string of the molecule is Bc1c(B)c(B)c2c(-c3c(B)c4c(B)c(B)c(B)c(B)c4c4c(B)c(B)c(B)c(B)c34)c(B)c(B)c(-c3c4c(B)c(B)c(B)c(B)c4c(-c4ccc5ccccc5c4)c4c(B)c(B)c(B)c(B)c34)c2c1B. The third-order valence-electron chi connectivity index (χ3n) is 20.0. The van der Waals surface area contributed by atoms with E-state index in [2.05, 4.69) is 223 Å². The number of hydrogen-bond acceptors (Lipinski definition) is 0. The van der Waals surface area contributed by atoms with Crippen LogP contribution in [0.25, 0.3) is 98.0 Å². The lowest BCUT2D eigenvalue weighted by Crippen LogP contribution is -2.52. The van der Waals surface area contributed by atoms with Crippen LogP contribution in [0.15, 0.2) is 42.5 Å². The molecule has 0 unspecified atom stereocenters. The van der Waals surface area contributed by atoms with Gasteiger partial charge in [0.05, 0.1) is 0 Å². The van der Waals surface area contributed by atoms with Gasteiger partial charge in [0.2, 0.25) is 0 Å². The summed E-state index contributed by atoms with van der Waals surface area (Å²) in [6.07, 6.45) is 0. The van der Waals surface area contributed by atoms with Crippen molar-refractivity contribution in [3.05, 3.63) is 42.5 Å². The molecule has 0 spiro atoms. The van der Waals surface area contributed by atoms with Crippen molar-refractivity contribution < 1.29 is 0 Å². The molecule has 0 bridgehead atoms. The summed E-state index contributed by atoms with van der Waals surface area (Å²) < 4.78 is 0. The van der Waals surface area contributed by atoms with E-state index < -0.39 is 0 Å². The Labute approximate surface area is 443 Å². The molecule has 71 heavy (non-hydrogen) atoms. The highest BCUT2D eigenvalue weighted by Crippen LogP contribution is 2.43. The summed E-state index contributed by atoms with van der Waals surface area (Å²) in [5.41, 5.74) is 40.4. The first-order chi connectivity index (χ1) is 33.4. The Balaban J connectivity index is 1.55. The Morgan fingerprint density at radius 3 is 0.803 bits per heavy atom. The fraction of sp³-hybridized carbons (Fsp3) is 0. The van der Waals surface area contributed by atoms with Gasteiger partial charge in [-0.15, -0.1) is 54.6 Å². The summed E-state index contributed by atoms with van der Waals surface area (Å²) in [4.78, 5) is 0. The van der Waals surface area contributed by atoms with Crippen molar-refractivity contribution in [2.75, 3.05) is 0 Å². The molecular weight excluding hydrogens is 825 g/mol. The minimum Gasteiger partial charge on any atom is -0.101 e. The van der Waals surface area contributed by atoms with Crippen LogP contribution < -0.4 is 126 Å². The van der Waals surface area contributed by atoms with Crippen LogP contribution in [0.1, 0.15) is 0 Å². The van der Waals surface area contributed by atoms with Gasteiger partial charge in [0, 0.05) is 0 Å². The largest absolute Gasteiger partial charge is 0.140 e. The van der Waals surface area contributed by atoms with Crippen LogP contribution in [0.2, 0.25) is 0 Å². The van der Waals surface area contributed by atoms with E-state index in [9.17, 15) is 0 Å². The molecular formula is C48H53B23. The third kappa shape index (κ3) is 6.58. The number of benzene rings is 10. The Morgan fingerprint density at radius 1 is 0.169 bits per heavy atom. The van der Waals surface area contributed by atoms with E-state index in [-0.39, 0.29) is 0 Å². The number of fused-ring (bicyclic) bond motifs is 7. The van der Waals surface area contributed by atoms with Gasteiger partial charge < -0.3 is 0 Å². The Bertz CT molecular complexity index is 4120. The first kappa shape index (κ1) is 49.8. The van der Waals surface area contributed by atoms with Crippen molar-refractivity contribution in [3.8, 4) is 33.4 Å². The van der Waals surface area contributed by atoms with Gasteiger partial charge in [0.15, 0.2) is 0 Å². The highest BCUT2D eigenvalue weighted by molar-refractivity contribution is 6.77. The van der Waals surface area contributed by atoms with Crippen LogP contribution in [0, 0.1) is 0 Å². The standard InChI is InChI=1S/C48H53B23/c49-26-18(21-23(36(59)46(69)44(67)34(21)57)24-25(26)38(61)48(71)47(70)37(24)60)20-22-19(33(56)43(66)45(68)35(22)58)17(27(50)28(20)51)12-15-13(29(52)39(62)41(64)31(15)54)11(10-6-5-8-3-1-2-4-9(8)7-10)14-16(12)32(55)42(65)40(63)30(14)53/h1-7H,49-71H2. The smallest absolute Gasteiger partial charge is 0.101 e. The summed E-state index contributed by atoms with van der Waals surface area (Å²) in [6, 6.07) is 16.1. The summed E-state index contributed by atoms with van der Waals surface area (Å²) in [5, 5.41) is 16.7. The first-order valence-corrected chi connectivity index (χ1v) is 26.3. The Kier molecular flexibility index (Phi) is 12.0. The highest BCUT2D eigenvalue weighted by Gasteiger charge is 2.31. The fourth-order valence-corrected chi connectivity index (χ4v) is 14.0. The van der Waals surface area contributed by atoms with Gasteiger partial charge in [-0.25, -0.2) is 0 Å². The minimum atomic E-state index is 1.27. The third-order valence-corrected chi connectivity index (χ3v) is 20.0. The summed E-state index contributed by atoms with van der Waals surface area (Å²) in [5.74, 6) is 0. The average Bonchev–Trinajstić information content (AvgIpc) is 3.36. The van der Waals surface area contributed by atoms with Crippen molar-refractivity contribution in [2.24, 2.45) is 0 Å². The zero-order chi connectivity index (χ0) is 51.6. The van der Waals surface area contributed by atoms with E-state index in [0.717, 1.165) is 0 Å². The topological polar surface area (TPSA) is 0 Å². The maximum atomic E-state index is 2.48. The molecule has 10 rings (SSSR count). The predicted octanol–water partition coefficient (Wildman–Crippen LogP) is -26.5. The normalized spacial score (nSPS) is 11.8. The van der Waals surface area contributed by atoms with Crippen LogP contribution >= 0.6 is 0 Å². The van der Waals surface area contributed by atoms with E-state index in [0.29, 0.717) is 0 Å². The molecule has 0 aromatic heterocycles. The van der Waals surface area contributed by atoms with Gasteiger partial charge >= 0.3 is 0 Å². The van der Waals surface area contributed by atoms with Gasteiger partial charge in [-0.05, 0) is 104 Å². The molecule has 0 aliphatic carbocycles. The molecule has 23 heteroatoms. The molecule has 0 amide bonds. The molecule has 0 aliphatic heterocycles. The average molecular weight is 879 g/mol. The summed E-state index contributed by atoms with van der Waals surface area (Å²) in [6.45, 7) is 0. The first-order valence-electron chi connectivity index (χ1n) is 26.3. The molecule has 0 saturated heterocycles. The Hall–Kier alpha value is -4.75. The van der Waals surface area contributed by atoms with Gasteiger partial charge in [0.1, 0.15) is 180 Å². The van der Waals surface area contributed by atoms with Crippen molar-refractivity contribution in [1.29, 1.82) is 0 Å². The maximum absolute atomic E-state index is 2.48. The van der Waals surface area contributed by atoms with Crippen LogP contribution in [-0.4, -0.2) is 180 Å². The lowest BCUT2D eigenvalue weighted by molar-refractivity contribution is 1.73. The molecule has 10 aromatic carbocycles. The lowest BCUT2D eigenvalue weighted by Gasteiger charge is -2.33. The van der Waals surface area contributed by atoms with Crippen molar-refractivity contribution in [3.63, 3.8) is 0 Å². The zero-order valence-electron chi connectivity index (χ0n) is 47.5. The second-order valence-electron chi connectivity index (χ2n) is 22.6. The van der Waals surface area contributed by atoms with Crippen molar-refractivity contribution in [1.82, 2.24) is 0 Å². The minimum absolute atomic E-state index is 1.27. The van der Waals surface area contributed by atoms with E-state index >= 15 is 0 Å². The van der Waals surface area contributed by atoms with Crippen LogP contribution in [0.5, 0.6) is 0 Å². The van der Waals surface area contributed by atoms with E-state index in [1.807, 2.05) is 0 Å². The van der Waals surface area contributed by atoms with Gasteiger partial charge in [-0.3, -0.25) is 0 Å². The predicted molar refractivity (Wildman–Crippen MR) is 396 cm³/mol. The van der Waals surface area contributed by atoms with Crippen LogP contribution in [0.3, 0.4) is 0 Å². The molecule has 0 heterocycles. The van der Waals surface area contributed by atoms with Crippen LogP contribution in [0.4, 0.5) is 0 Å². The van der Waals surface area contributed by atoms with E-state index in [1.165, 1.54) is 224 Å². The molecule has 0 N–H and O–H groups in total. The molecule has 0 aliphatic rings. The molecule has 0 atom stereocenters. The van der Waals surface area contributed by atoms with E-state index in [1.54, 1.807) is 0 Å². The second kappa shape index (κ2) is 17.2. The highest BCUT2D eigenvalue weighted by atomic mass is 14.3. The zero-order valence-corrected chi connectivity index (χ0v) is 47.5. The molecule has 0 radical (unpaired) electrons. The lowest BCUT2D eigenvalue weighted by atomic mass is 9.56. The molecule has 0 saturated carbocycles. The fourth-order valence-electron chi connectivity index (χ4n) is 14.0. The molecule has 10 aromatic rings. The summed E-state index contributed by atoms with van der Waals surface area (Å²) >= 11 is 0. The number of hydrogen-bond donors (Lipinski definition) is 0. The maximum Gasteiger partial charge on any atom is 0.140 e. The van der Waals surface area contributed by atoms with Gasteiger partial charge in [0.25, 0.3) is 0 Å². The molecule has 0 fully saturated rings. The Morgan fingerprint density at radius 2 is 0.423 bits per heavy atom. The molecule has 314 valence electrons. The summed E-state index contributed by atoms with van der Waals surface area (Å²) in [7, 11) is 55.2. The second-order valence-corrected chi connectivity index (χ2v) is 22.6. The monoisotopic (exact) mass is 883 g/mol. The van der Waals surface area contributed by atoms with E-state index in [4.69, 9.17) is 0 Å². The quantitative estimate of drug-likeness (QED) is 0.0942. The van der Waals surface area contributed by atoms with Crippen LogP contribution in [-0.2, 0) is 0 Å². The van der Waals surface area contributed by atoms with Crippen molar-refractivity contribution >= 4 is 371 Å².